The Morgan fingerprint density at radius 2 is 2.12 bits per heavy atom. The number of aryl methyl sites for hydroxylation is 1. The molecule has 0 aliphatic heterocycles. The van der Waals surface area contributed by atoms with Crippen LogP contribution in [0.15, 0.2) is 21.8 Å². The third-order valence-electron chi connectivity index (χ3n) is 3.94. The lowest BCUT2D eigenvalue weighted by molar-refractivity contribution is 0.368. The standard InChI is InChI=1S/C17H27N5OS/c1-5-13(6-2)15-9-14(23-22-15)11-21-17(18-4)19-8-7-16-20-10-12(3)24-16/h9-10,13H,5-8,11H2,1-4H3,(H2,18,19,21). The van der Waals surface area contributed by atoms with Crippen molar-refractivity contribution in [2.75, 3.05) is 13.6 Å². The summed E-state index contributed by atoms with van der Waals surface area (Å²) in [6, 6.07) is 2.04. The molecular formula is C17H27N5OS. The summed E-state index contributed by atoms with van der Waals surface area (Å²) in [7, 11) is 1.76. The number of nitrogens with one attached hydrogen (secondary N) is 2. The van der Waals surface area contributed by atoms with E-state index >= 15 is 0 Å². The van der Waals surface area contributed by atoms with E-state index < -0.39 is 0 Å². The van der Waals surface area contributed by atoms with Crippen LogP contribution in [-0.4, -0.2) is 29.7 Å². The molecule has 0 bridgehead atoms. The fraction of sp³-hybridized carbons (Fsp3) is 0.588. The molecule has 6 nitrogen and oxygen atoms in total. The molecule has 0 amide bonds. The van der Waals surface area contributed by atoms with Gasteiger partial charge in [0.25, 0.3) is 0 Å². The summed E-state index contributed by atoms with van der Waals surface area (Å²) in [6.07, 6.45) is 4.96. The lowest BCUT2D eigenvalue weighted by Gasteiger charge is -2.09. The van der Waals surface area contributed by atoms with Gasteiger partial charge in [-0.05, 0) is 19.8 Å². The molecule has 24 heavy (non-hydrogen) atoms. The Hall–Kier alpha value is -1.89. The van der Waals surface area contributed by atoms with Crippen molar-refractivity contribution < 1.29 is 4.52 Å². The van der Waals surface area contributed by atoms with Gasteiger partial charge >= 0.3 is 0 Å². The normalized spacial score (nSPS) is 12.0. The van der Waals surface area contributed by atoms with E-state index in [9.17, 15) is 0 Å². The van der Waals surface area contributed by atoms with Crippen LogP contribution < -0.4 is 10.6 Å². The summed E-state index contributed by atoms with van der Waals surface area (Å²) < 4.78 is 5.42. The number of hydrogen-bond acceptors (Lipinski definition) is 5. The first-order valence-electron chi connectivity index (χ1n) is 8.47. The van der Waals surface area contributed by atoms with E-state index in [-0.39, 0.29) is 0 Å². The number of hydrogen-bond donors (Lipinski definition) is 2. The zero-order chi connectivity index (χ0) is 17.4. The molecule has 2 aromatic rings. The fourth-order valence-electron chi connectivity index (χ4n) is 2.51. The molecule has 0 aliphatic rings. The first-order valence-corrected chi connectivity index (χ1v) is 9.29. The van der Waals surface area contributed by atoms with Gasteiger partial charge in [-0.2, -0.15) is 0 Å². The zero-order valence-corrected chi connectivity index (χ0v) is 15.7. The minimum atomic E-state index is 0.474. The smallest absolute Gasteiger partial charge is 0.191 e. The van der Waals surface area contributed by atoms with E-state index in [1.54, 1.807) is 18.4 Å². The van der Waals surface area contributed by atoms with Gasteiger partial charge in [0.1, 0.15) is 0 Å². The molecule has 0 atom stereocenters. The number of thiazole rings is 1. The van der Waals surface area contributed by atoms with E-state index in [2.05, 4.69) is 46.5 Å². The average molecular weight is 350 g/mol. The van der Waals surface area contributed by atoms with E-state index in [0.29, 0.717) is 12.5 Å². The quantitative estimate of drug-likeness (QED) is 0.565. The fourth-order valence-corrected chi connectivity index (χ4v) is 3.29. The van der Waals surface area contributed by atoms with E-state index in [0.717, 1.165) is 48.2 Å². The van der Waals surface area contributed by atoms with Crippen LogP contribution in [0, 0.1) is 6.92 Å². The Bertz CT molecular complexity index is 645. The topological polar surface area (TPSA) is 75.3 Å². The lowest BCUT2D eigenvalue weighted by atomic mass is 9.99. The Morgan fingerprint density at radius 3 is 2.75 bits per heavy atom. The molecule has 0 saturated carbocycles. The number of aromatic nitrogens is 2. The lowest BCUT2D eigenvalue weighted by Crippen LogP contribution is -2.37. The van der Waals surface area contributed by atoms with Gasteiger partial charge in [0, 0.05) is 43.1 Å². The van der Waals surface area contributed by atoms with Crippen molar-refractivity contribution in [3.63, 3.8) is 0 Å². The van der Waals surface area contributed by atoms with Gasteiger partial charge in [-0.25, -0.2) is 4.98 Å². The third kappa shape index (κ3) is 5.33. The number of nitrogens with zero attached hydrogens (tertiary/aromatic N) is 3. The third-order valence-corrected chi connectivity index (χ3v) is 4.91. The van der Waals surface area contributed by atoms with Crippen molar-refractivity contribution in [2.24, 2.45) is 4.99 Å². The highest BCUT2D eigenvalue weighted by molar-refractivity contribution is 7.11. The van der Waals surface area contributed by atoms with Crippen LogP contribution in [-0.2, 0) is 13.0 Å². The Kier molecular flexibility index (Phi) is 7.24. The summed E-state index contributed by atoms with van der Waals surface area (Å²) in [5, 5.41) is 11.9. The van der Waals surface area contributed by atoms with Crippen LogP contribution in [0.3, 0.4) is 0 Å². The predicted molar refractivity (Wildman–Crippen MR) is 98.6 cm³/mol. The van der Waals surface area contributed by atoms with Crippen LogP contribution in [0.4, 0.5) is 0 Å². The molecule has 2 heterocycles. The van der Waals surface area contributed by atoms with E-state index in [4.69, 9.17) is 4.52 Å². The number of guanidine groups is 1. The monoisotopic (exact) mass is 349 g/mol. The van der Waals surface area contributed by atoms with Gasteiger partial charge in [0.15, 0.2) is 11.7 Å². The summed E-state index contributed by atoms with van der Waals surface area (Å²) in [5.74, 6) is 2.06. The second-order valence-electron chi connectivity index (χ2n) is 5.70. The van der Waals surface area contributed by atoms with Crippen molar-refractivity contribution in [1.82, 2.24) is 20.8 Å². The molecule has 132 valence electrons. The second kappa shape index (κ2) is 9.42. The number of aliphatic imine (C=N–C) groups is 1. The SMILES string of the molecule is CCC(CC)c1cc(CNC(=NC)NCCc2ncc(C)s2)on1. The van der Waals surface area contributed by atoms with Crippen molar-refractivity contribution >= 4 is 17.3 Å². The summed E-state index contributed by atoms with van der Waals surface area (Å²) in [5.41, 5.74) is 1.04. The van der Waals surface area contributed by atoms with Gasteiger partial charge in [0.2, 0.25) is 0 Å². The largest absolute Gasteiger partial charge is 0.359 e. The Balaban J connectivity index is 1.77. The molecule has 0 saturated heterocycles. The molecule has 2 N–H and O–H groups in total. The van der Waals surface area contributed by atoms with Gasteiger partial charge in [-0.1, -0.05) is 19.0 Å². The van der Waals surface area contributed by atoms with Gasteiger partial charge < -0.3 is 15.2 Å². The van der Waals surface area contributed by atoms with Crippen LogP contribution >= 0.6 is 11.3 Å². The van der Waals surface area contributed by atoms with Gasteiger partial charge in [0.05, 0.1) is 17.2 Å². The van der Waals surface area contributed by atoms with Crippen molar-refractivity contribution in [3.8, 4) is 0 Å². The first-order chi connectivity index (χ1) is 11.7. The molecule has 2 aromatic heterocycles. The molecule has 7 heteroatoms. The maximum atomic E-state index is 5.42. The summed E-state index contributed by atoms with van der Waals surface area (Å²) in [4.78, 5) is 9.83. The highest BCUT2D eigenvalue weighted by Crippen LogP contribution is 2.22. The highest BCUT2D eigenvalue weighted by Gasteiger charge is 2.13. The molecule has 0 aliphatic carbocycles. The molecule has 0 spiro atoms. The van der Waals surface area contributed by atoms with Crippen LogP contribution in [0.2, 0.25) is 0 Å². The molecule has 0 unspecified atom stereocenters. The molecular weight excluding hydrogens is 322 g/mol. The van der Waals surface area contributed by atoms with Crippen LogP contribution in [0.1, 0.15) is 53.9 Å². The van der Waals surface area contributed by atoms with Crippen molar-refractivity contribution in [2.45, 2.75) is 52.5 Å². The van der Waals surface area contributed by atoms with E-state index in [1.165, 1.54) is 4.88 Å². The van der Waals surface area contributed by atoms with Crippen molar-refractivity contribution in [1.29, 1.82) is 0 Å². The van der Waals surface area contributed by atoms with E-state index in [1.807, 2.05) is 12.3 Å². The maximum Gasteiger partial charge on any atom is 0.191 e. The Morgan fingerprint density at radius 1 is 1.33 bits per heavy atom. The molecule has 2 rings (SSSR count). The summed E-state index contributed by atoms with van der Waals surface area (Å²) >= 11 is 1.73. The second-order valence-corrected chi connectivity index (χ2v) is 7.02. The van der Waals surface area contributed by atoms with Crippen molar-refractivity contribution in [3.05, 3.63) is 33.6 Å². The Labute approximate surface area is 147 Å². The first kappa shape index (κ1) is 18.4. The minimum absolute atomic E-state index is 0.474. The van der Waals surface area contributed by atoms with Gasteiger partial charge in [-0.15, -0.1) is 11.3 Å². The molecule has 0 aromatic carbocycles. The summed E-state index contributed by atoms with van der Waals surface area (Å²) in [6.45, 7) is 7.79. The minimum Gasteiger partial charge on any atom is -0.359 e. The van der Waals surface area contributed by atoms with Crippen LogP contribution in [0.25, 0.3) is 0 Å². The predicted octanol–water partition coefficient (Wildman–Crippen LogP) is 3.25. The average Bonchev–Trinajstić information content (AvgIpc) is 3.21. The highest BCUT2D eigenvalue weighted by atomic mass is 32.1. The maximum absolute atomic E-state index is 5.42. The zero-order valence-electron chi connectivity index (χ0n) is 14.9. The number of rotatable bonds is 8. The van der Waals surface area contributed by atoms with Crippen LogP contribution in [0.5, 0.6) is 0 Å². The van der Waals surface area contributed by atoms with Gasteiger partial charge in [-0.3, -0.25) is 4.99 Å². The molecule has 0 radical (unpaired) electrons. The molecule has 0 fully saturated rings.